The van der Waals surface area contributed by atoms with E-state index in [1.54, 1.807) is 0 Å². The highest BCUT2D eigenvalue weighted by Gasteiger charge is 2.21. The Balaban J connectivity index is 2.15. The number of carbonyl (C=O) groups is 2. The van der Waals surface area contributed by atoms with Gasteiger partial charge in [0.2, 0.25) is 0 Å². The monoisotopic (exact) mass is 304 g/mol. The molecule has 0 saturated heterocycles. The smallest absolute Gasteiger partial charge is 0.354 e. The van der Waals surface area contributed by atoms with Crippen molar-refractivity contribution in [3.8, 4) is 0 Å². The Kier molecular flexibility index (Phi) is 5.41. The Morgan fingerprint density at radius 1 is 1.18 bits per heavy atom. The van der Waals surface area contributed by atoms with Crippen LogP contribution in [0, 0.1) is 5.92 Å². The van der Waals surface area contributed by atoms with Gasteiger partial charge in [0, 0.05) is 6.54 Å². The summed E-state index contributed by atoms with van der Waals surface area (Å²) in [6.45, 7) is 0.896. The van der Waals surface area contributed by atoms with Crippen LogP contribution in [0.5, 0.6) is 0 Å². The quantitative estimate of drug-likeness (QED) is 0.594. The fraction of sp³-hybridized carbons (Fsp3) is 0.375. The molecule has 0 unspecified atom stereocenters. The summed E-state index contributed by atoms with van der Waals surface area (Å²) in [7, 11) is 2.51. The average Bonchev–Trinajstić information content (AvgIpc) is 3.36. The molecule has 6 heteroatoms. The van der Waals surface area contributed by atoms with Crippen LogP contribution >= 0.6 is 0 Å². The molecule has 1 aromatic carbocycles. The summed E-state index contributed by atoms with van der Waals surface area (Å²) in [5, 5.41) is 6.28. The van der Waals surface area contributed by atoms with Crippen molar-refractivity contribution in [2.75, 3.05) is 31.4 Å². The van der Waals surface area contributed by atoms with E-state index in [2.05, 4.69) is 20.1 Å². The molecule has 0 amide bonds. The van der Waals surface area contributed by atoms with Crippen molar-refractivity contribution >= 4 is 23.3 Å². The average molecular weight is 304 g/mol. The number of benzene rings is 1. The van der Waals surface area contributed by atoms with E-state index in [1.165, 1.54) is 27.1 Å². The number of nitrogens with one attached hydrogen (secondary N) is 2. The number of methoxy groups -OCH3 is 2. The Bertz CT molecular complexity index is 579. The SMILES string of the molecule is COC(=O)/C=C(/Nc1ccccc1NCC1CC1)C(=O)OC. The van der Waals surface area contributed by atoms with Gasteiger partial charge < -0.3 is 20.1 Å². The molecule has 1 fully saturated rings. The first-order valence-electron chi connectivity index (χ1n) is 7.12. The summed E-state index contributed by atoms with van der Waals surface area (Å²) < 4.78 is 9.23. The molecule has 1 aromatic rings. The number of para-hydroxylation sites is 2. The van der Waals surface area contributed by atoms with Gasteiger partial charge in [0.15, 0.2) is 0 Å². The molecular formula is C16H20N2O4. The fourth-order valence-corrected chi connectivity index (χ4v) is 1.90. The van der Waals surface area contributed by atoms with Crippen LogP contribution in [0.1, 0.15) is 12.8 Å². The largest absolute Gasteiger partial charge is 0.466 e. The van der Waals surface area contributed by atoms with Gasteiger partial charge in [-0.2, -0.15) is 0 Å². The van der Waals surface area contributed by atoms with E-state index in [9.17, 15) is 9.59 Å². The van der Waals surface area contributed by atoms with Gasteiger partial charge in [-0.25, -0.2) is 9.59 Å². The van der Waals surface area contributed by atoms with Gasteiger partial charge in [-0.3, -0.25) is 0 Å². The number of esters is 2. The van der Waals surface area contributed by atoms with Gasteiger partial charge in [-0.05, 0) is 30.9 Å². The summed E-state index contributed by atoms with van der Waals surface area (Å²) in [4.78, 5) is 23.2. The van der Waals surface area contributed by atoms with E-state index in [0.29, 0.717) is 5.69 Å². The van der Waals surface area contributed by atoms with Crippen LogP contribution in [0.4, 0.5) is 11.4 Å². The predicted molar refractivity (Wildman–Crippen MR) is 83.4 cm³/mol. The molecule has 1 aliphatic rings. The lowest BCUT2D eigenvalue weighted by atomic mass is 10.2. The molecule has 1 aliphatic carbocycles. The third-order valence-corrected chi connectivity index (χ3v) is 3.34. The standard InChI is InChI=1S/C16H20N2O4/c1-21-15(19)9-14(16(20)22-2)18-13-6-4-3-5-12(13)17-10-11-7-8-11/h3-6,9,11,17-18H,7-8,10H2,1-2H3/b14-9+. The molecule has 0 bridgehead atoms. The maximum atomic E-state index is 11.8. The van der Waals surface area contributed by atoms with Crippen LogP contribution in [-0.2, 0) is 19.1 Å². The zero-order valence-electron chi connectivity index (χ0n) is 12.7. The summed E-state index contributed by atoms with van der Waals surface area (Å²) in [5.41, 5.74) is 1.59. The van der Waals surface area contributed by atoms with Gasteiger partial charge >= 0.3 is 11.9 Å². The van der Waals surface area contributed by atoms with Crippen molar-refractivity contribution in [2.24, 2.45) is 5.92 Å². The highest BCUT2D eigenvalue weighted by molar-refractivity contribution is 5.99. The van der Waals surface area contributed by atoms with E-state index in [1.807, 2.05) is 24.3 Å². The Morgan fingerprint density at radius 2 is 1.86 bits per heavy atom. The van der Waals surface area contributed by atoms with E-state index in [-0.39, 0.29) is 5.70 Å². The number of rotatable bonds is 7. The second kappa shape index (κ2) is 7.49. The number of ether oxygens (including phenoxy) is 2. The van der Waals surface area contributed by atoms with Crippen molar-refractivity contribution in [1.82, 2.24) is 0 Å². The summed E-state index contributed by atoms with van der Waals surface area (Å²) >= 11 is 0. The molecule has 0 aromatic heterocycles. The van der Waals surface area contributed by atoms with Crippen molar-refractivity contribution in [2.45, 2.75) is 12.8 Å². The number of hydrogen-bond acceptors (Lipinski definition) is 6. The third-order valence-electron chi connectivity index (χ3n) is 3.34. The molecule has 1 saturated carbocycles. The Morgan fingerprint density at radius 3 is 2.45 bits per heavy atom. The highest BCUT2D eigenvalue weighted by Crippen LogP contribution is 2.30. The zero-order valence-corrected chi connectivity index (χ0v) is 12.7. The first-order valence-corrected chi connectivity index (χ1v) is 7.12. The van der Waals surface area contributed by atoms with Crippen molar-refractivity contribution in [3.63, 3.8) is 0 Å². The lowest BCUT2D eigenvalue weighted by molar-refractivity contribution is -0.138. The Labute approximate surface area is 129 Å². The number of carbonyl (C=O) groups excluding carboxylic acids is 2. The van der Waals surface area contributed by atoms with E-state index >= 15 is 0 Å². The van der Waals surface area contributed by atoms with Crippen LogP contribution in [-0.4, -0.2) is 32.7 Å². The molecule has 0 aliphatic heterocycles. The molecule has 0 spiro atoms. The van der Waals surface area contributed by atoms with Gasteiger partial charge in [0.05, 0.1) is 31.7 Å². The van der Waals surface area contributed by atoms with Crippen LogP contribution in [0.15, 0.2) is 36.0 Å². The second-order valence-electron chi connectivity index (χ2n) is 5.07. The van der Waals surface area contributed by atoms with Crippen LogP contribution in [0.2, 0.25) is 0 Å². The van der Waals surface area contributed by atoms with E-state index in [0.717, 1.165) is 24.2 Å². The zero-order chi connectivity index (χ0) is 15.9. The topological polar surface area (TPSA) is 76.7 Å². The van der Waals surface area contributed by atoms with Gasteiger partial charge in [0.1, 0.15) is 5.70 Å². The first-order chi connectivity index (χ1) is 10.6. The predicted octanol–water partition coefficient (Wildman–Crippen LogP) is 2.15. The lowest BCUT2D eigenvalue weighted by Crippen LogP contribution is -2.16. The first kappa shape index (κ1) is 15.9. The van der Waals surface area contributed by atoms with Crippen LogP contribution in [0.3, 0.4) is 0 Å². The van der Waals surface area contributed by atoms with Gasteiger partial charge in [-0.15, -0.1) is 0 Å². The van der Waals surface area contributed by atoms with Gasteiger partial charge in [-0.1, -0.05) is 12.1 Å². The fourth-order valence-electron chi connectivity index (χ4n) is 1.90. The minimum atomic E-state index is -0.637. The Hall–Kier alpha value is -2.50. The lowest BCUT2D eigenvalue weighted by Gasteiger charge is -2.14. The highest BCUT2D eigenvalue weighted by atomic mass is 16.5. The number of anilines is 2. The van der Waals surface area contributed by atoms with Crippen molar-refractivity contribution in [3.05, 3.63) is 36.0 Å². The summed E-state index contributed by atoms with van der Waals surface area (Å²) in [5.74, 6) is -0.544. The van der Waals surface area contributed by atoms with Crippen LogP contribution in [0.25, 0.3) is 0 Å². The molecule has 0 heterocycles. The number of hydrogen-bond donors (Lipinski definition) is 2. The maximum absolute atomic E-state index is 11.8. The molecule has 0 atom stereocenters. The molecule has 0 radical (unpaired) electrons. The summed E-state index contributed by atoms with van der Waals surface area (Å²) in [6, 6.07) is 7.49. The maximum Gasteiger partial charge on any atom is 0.354 e. The molecule has 2 N–H and O–H groups in total. The van der Waals surface area contributed by atoms with E-state index < -0.39 is 11.9 Å². The second-order valence-corrected chi connectivity index (χ2v) is 5.07. The van der Waals surface area contributed by atoms with Crippen LogP contribution < -0.4 is 10.6 Å². The molecule has 118 valence electrons. The van der Waals surface area contributed by atoms with Crippen molar-refractivity contribution in [1.29, 1.82) is 0 Å². The molecular weight excluding hydrogens is 284 g/mol. The van der Waals surface area contributed by atoms with E-state index in [4.69, 9.17) is 0 Å². The van der Waals surface area contributed by atoms with Crippen molar-refractivity contribution < 1.29 is 19.1 Å². The minimum Gasteiger partial charge on any atom is -0.466 e. The normalized spacial score (nSPS) is 14.2. The molecule has 6 nitrogen and oxygen atoms in total. The molecule has 2 rings (SSSR count). The minimum absolute atomic E-state index is 0.0232. The summed E-state index contributed by atoms with van der Waals surface area (Å²) in [6.07, 6.45) is 3.57. The third kappa shape index (κ3) is 4.51. The molecule has 22 heavy (non-hydrogen) atoms. The van der Waals surface area contributed by atoms with Gasteiger partial charge in [0.25, 0.3) is 0 Å².